The van der Waals surface area contributed by atoms with E-state index in [1.165, 1.54) is 12.1 Å². The number of hydrogen-bond donors (Lipinski definition) is 1. The minimum absolute atomic E-state index is 0.115. The molecule has 0 aliphatic carbocycles. The van der Waals surface area contributed by atoms with E-state index < -0.39 is 9.84 Å². The molecule has 0 radical (unpaired) electrons. The van der Waals surface area contributed by atoms with Crippen molar-refractivity contribution in [2.24, 2.45) is 0 Å². The molecule has 3 nitrogen and oxygen atoms in total. The van der Waals surface area contributed by atoms with Crippen molar-refractivity contribution in [1.29, 1.82) is 0 Å². The van der Waals surface area contributed by atoms with Crippen molar-refractivity contribution in [3.63, 3.8) is 0 Å². The second-order valence-corrected chi connectivity index (χ2v) is 6.24. The third kappa shape index (κ3) is 5.68. The molecule has 1 aromatic rings. The Morgan fingerprint density at radius 2 is 1.82 bits per heavy atom. The lowest BCUT2D eigenvalue weighted by Gasteiger charge is -2.07. The van der Waals surface area contributed by atoms with Gasteiger partial charge in [-0.1, -0.05) is 13.3 Å². The summed E-state index contributed by atoms with van der Waals surface area (Å²) in [6.45, 7) is 2.32. The van der Waals surface area contributed by atoms with Gasteiger partial charge in [-0.05, 0) is 30.7 Å². The fourth-order valence-corrected chi connectivity index (χ4v) is 2.73. The largest absolute Gasteiger partial charge is 0.384 e. The highest BCUT2D eigenvalue weighted by Crippen LogP contribution is 2.08. The summed E-state index contributed by atoms with van der Waals surface area (Å²) in [6.07, 6.45) is 1.59. The Bertz CT molecular complexity index is 428. The number of nitrogens with one attached hydrogen (secondary N) is 1. The van der Waals surface area contributed by atoms with Crippen molar-refractivity contribution >= 4 is 15.5 Å². The van der Waals surface area contributed by atoms with Gasteiger partial charge in [0.1, 0.15) is 5.82 Å². The lowest BCUT2D eigenvalue weighted by atomic mass is 10.3. The monoisotopic (exact) mass is 259 g/mol. The van der Waals surface area contributed by atoms with Gasteiger partial charge >= 0.3 is 0 Å². The van der Waals surface area contributed by atoms with Crippen LogP contribution in [0.2, 0.25) is 0 Å². The van der Waals surface area contributed by atoms with Crippen LogP contribution in [0.1, 0.15) is 19.8 Å². The van der Waals surface area contributed by atoms with Crippen LogP contribution >= 0.6 is 0 Å². The molecule has 0 aromatic heterocycles. The third-order valence-electron chi connectivity index (χ3n) is 2.40. The topological polar surface area (TPSA) is 46.2 Å². The van der Waals surface area contributed by atoms with Gasteiger partial charge in [-0.25, -0.2) is 12.8 Å². The molecular formula is C12H18FNO2S. The fraction of sp³-hybridized carbons (Fsp3) is 0.500. The number of unbranched alkanes of at least 4 members (excludes halogenated alkanes) is 1. The van der Waals surface area contributed by atoms with Crippen molar-refractivity contribution in [3.8, 4) is 0 Å². The number of sulfone groups is 1. The lowest BCUT2D eigenvalue weighted by Crippen LogP contribution is -2.18. The van der Waals surface area contributed by atoms with Crippen molar-refractivity contribution in [2.75, 3.05) is 23.4 Å². The van der Waals surface area contributed by atoms with Gasteiger partial charge in [0.25, 0.3) is 0 Å². The summed E-state index contributed by atoms with van der Waals surface area (Å²) in [5, 5.41) is 2.96. The molecule has 0 aliphatic heterocycles. The smallest absolute Gasteiger partial charge is 0.152 e. The number of hydrogen-bond acceptors (Lipinski definition) is 3. The summed E-state index contributed by atoms with van der Waals surface area (Å²) in [5.74, 6) is 0.0602. The van der Waals surface area contributed by atoms with Gasteiger partial charge < -0.3 is 5.32 Å². The normalized spacial score (nSPS) is 11.4. The van der Waals surface area contributed by atoms with E-state index >= 15 is 0 Å². The maximum absolute atomic E-state index is 12.6. The first kappa shape index (κ1) is 14.0. The third-order valence-corrected chi connectivity index (χ3v) is 4.13. The summed E-state index contributed by atoms with van der Waals surface area (Å²) in [7, 11) is -2.96. The van der Waals surface area contributed by atoms with Crippen LogP contribution in [0.4, 0.5) is 10.1 Å². The van der Waals surface area contributed by atoms with Crippen LogP contribution in [0.15, 0.2) is 24.3 Å². The molecule has 0 spiro atoms. The zero-order chi connectivity index (χ0) is 12.7. The van der Waals surface area contributed by atoms with Gasteiger partial charge in [0.2, 0.25) is 0 Å². The Kier molecular flexibility index (Phi) is 5.41. The van der Waals surface area contributed by atoms with Crippen LogP contribution in [-0.2, 0) is 9.84 Å². The molecule has 0 unspecified atom stereocenters. The first-order valence-electron chi connectivity index (χ1n) is 5.73. The molecule has 0 atom stereocenters. The Labute approximate surface area is 102 Å². The fourth-order valence-electron chi connectivity index (χ4n) is 1.38. The van der Waals surface area contributed by atoms with Gasteiger partial charge in [0.05, 0.1) is 11.5 Å². The van der Waals surface area contributed by atoms with Crippen LogP contribution in [0.5, 0.6) is 0 Å². The van der Waals surface area contributed by atoms with Crippen LogP contribution in [0.25, 0.3) is 0 Å². The average Bonchev–Trinajstić information content (AvgIpc) is 2.29. The van der Waals surface area contributed by atoms with Crippen LogP contribution in [0, 0.1) is 5.82 Å². The van der Waals surface area contributed by atoms with Crippen molar-refractivity contribution < 1.29 is 12.8 Å². The summed E-state index contributed by atoms with van der Waals surface area (Å²) in [5.41, 5.74) is 0.733. The van der Waals surface area contributed by atoms with E-state index in [4.69, 9.17) is 0 Å². The van der Waals surface area contributed by atoms with E-state index in [0.717, 1.165) is 12.1 Å². The van der Waals surface area contributed by atoms with Gasteiger partial charge in [-0.2, -0.15) is 0 Å². The molecule has 0 saturated carbocycles. The first-order chi connectivity index (χ1) is 8.03. The summed E-state index contributed by atoms with van der Waals surface area (Å²) < 4.78 is 35.7. The molecule has 0 fully saturated rings. The highest BCUT2D eigenvalue weighted by atomic mass is 32.2. The number of halogens is 1. The predicted molar refractivity (Wildman–Crippen MR) is 68.5 cm³/mol. The standard InChI is InChI=1S/C12H18FNO2S/c1-2-3-9-17(15,16)10-8-14-12-6-4-11(13)5-7-12/h4-7,14H,2-3,8-10H2,1H3. The summed E-state index contributed by atoms with van der Waals surface area (Å²) in [4.78, 5) is 0. The lowest BCUT2D eigenvalue weighted by molar-refractivity contribution is 0.593. The van der Waals surface area contributed by atoms with Gasteiger partial charge in [-0.15, -0.1) is 0 Å². The molecule has 0 heterocycles. The molecule has 1 rings (SSSR count). The molecule has 0 aliphatic rings. The van der Waals surface area contributed by atoms with Crippen molar-refractivity contribution in [1.82, 2.24) is 0 Å². The molecule has 1 aromatic carbocycles. The summed E-state index contributed by atoms with van der Waals surface area (Å²) in [6, 6.07) is 5.86. The molecule has 1 N–H and O–H groups in total. The van der Waals surface area contributed by atoms with E-state index in [1.807, 2.05) is 6.92 Å². The molecule has 0 amide bonds. The van der Waals surface area contributed by atoms with Gasteiger partial charge in [0.15, 0.2) is 9.84 Å². The second-order valence-electron chi connectivity index (χ2n) is 3.94. The van der Waals surface area contributed by atoms with Crippen LogP contribution in [0.3, 0.4) is 0 Å². The molecule has 0 saturated heterocycles. The first-order valence-corrected chi connectivity index (χ1v) is 7.55. The zero-order valence-corrected chi connectivity index (χ0v) is 10.8. The zero-order valence-electron chi connectivity index (χ0n) is 9.95. The molecular weight excluding hydrogens is 241 g/mol. The number of benzene rings is 1. The Morgan fingerprint density at radius 1 is 1.18 bits per heavy atom. The predicted octanol–water partition coefficient (Wildman–Crippen LogP) is 2.45. The SMILES string of the molecule is CCCCS(=O)(=O)CCNc1ccc(F)cc1. The highest BCUT2D eigenvalue weighted by molar-refractivity contribution is 7.91. The maximum Gasteiger partial charge on any atom is 0.152 e. The minimum atomic E-state index is -2.96. The van der Waals surface area contributed by atoms with Gasteiger partial charge in [0, 0.05) is 12.2 Å². The Morgan fingerprint density at radius 3 is 2.41 bits per heavy atom. The summed E-state index contributed by atoms with van der Waals surface area (Å²) >= 11 is 0. The van der Waals surface area contributed by atoms with E-state index in [2.05, 4.69) is 5.32 Å². The molecule has 96 valence electrons. The van der Waals surface area contributed by atoms with E-state index in [1.54, 1.807) is 12.1 Å². The van der Waals surface area contributed by atoms with E-state index in [0.29, 0.717) is 13.0 Å². The van der Waals surface area contributed by atoms with Crippen molar-refractivity contribution in [3.05, 3.63) is 30.1 Å². The Balaban J connectivity index is 2.34. The number of rotatable bonds is 7. The minimum Gasteiger partial charge on any atom is -0.384 e. The highest BCUT2D eigenvalue weighted by Gasteiger charge is 2.09. The van der Waals surface area contributed by atoms with E-state index in [9.17, 15) is 12.8 Å². The Hall–Kier alpha value is -1.10. The average molecular weight is 259 g/mol. The van der Waals surface area contributed by atoms with Crippen LogP contribution in [-0.4, -0.2) is 26.5 Å². The molecule has 17 heavy (non-hydrogen) atoms. The van der Waals surface area contributed by atoms with Crippen molar-refractivity contribution in [2.45, 2.75) is 19.8 Å². The molecule has 5 heteroatoms. The van der Waals surface area contributed by atoms with Gasteiger partial charge in [-0.3, -0.25) is 0 Å². The quantitative estimate of drug-likeness (QED) is 0.818. The second kappa shape index (κ2) is 6.59. The maximum atomic E-state index is 12.6. The molecule has 0 bridgehead atoms. The van der Waals surface area contributed by atoms with E-state index in [-0.39, 0.29) is 17.3 Å². The number of anilines is 1. The van der Waals surface area contributed by atoms with Crippen LogP contribution < -0.4 is 5.32 Å².